The molecule has 0 aliphatic rings. The first-order chi connectivity index (χ1) is 12.6. The SMILES string of the molecule is CCOC(=O)C(C)(Cc1ccc(O)cc1)Oc1ccc(OC(F)(F)F)cc1. The molecule has 0 aromatic heterocycles. The molecule has 0 amide bonds. The summed E-state index contributed by atoms with van der Waals surface area (Å²) in [6, 6.07) is 11.0. The maximum Gasteiger partial charge on any atom is 0.573 e. The average molecular weight is 384 g/mol. The van der Waals surface area contributed by atoms with Crippen LogP contribution in [0.15, 0.2) is 48.5 Å². The summed E-state index contributed by atoms with van der Waals surface area (Å²) >= 11 is 0. The molecular weight excluding hydrogens is 365 g/mol. The smallest absolute Gasteiger partial charge is 0.508 e. The first-order valence-corrected chi connectivity index (χ1v) is 8.11. The standard InChI is InChI=1S/C19H19F3O5/c1-3-25-17(24)18(2,12-13-4-6-14(23)7-5-13)26-15-8-10-16(11-9-15)27-19(20,21)22/h4-11,23H,3,12H2,1-2H3. The topological polar surface area (TPSA) is 65.0 Å². The molecule has 0 saturated carbocycles. The summed E-state index contributed by atoms with van der Waals surface area (Å²) in [5, 5.41) is 9.38. The summed E-state index contributed by atoms with van der Waals surface area (Å²) in [7, 11) is 0. The lowest BCUT2D eigenvalue weighted by atomic mass is 9.96. The monoisotopic (exact) mass is 384 g/mol. The van der Waals surface area contributed by atoms with Crippen LogP contribution in [0.4, 0.5) is 13.2 Å². The number of esters is 1. The summed E-state index contributed by atoms with van der Waals surface area (Å²) in [4.78, 5) is 12.4. The highest BCUT2D eigenvalue weighted by Crippen LogP contribution is 2.28. The van der Waals surface area contributed by atoms with E-state index in [1.165, 1.54) is 31.2 Å². The third kappa shape index (κ3) is 6.09. The number of alkyl halides is 3. The van der Waals surface area contributed by atoms with Crippen LogP contribution < -0.4 is 9.47 Å². The minimum Gasteiger partial charge on any atom is -0.508 e. The van der Waals surface area contributed by atoms with Crippen LogP contribution in [0.3, 0.4) is 0 Å². The third-order valence-corrected chi connectivity index (χ3v) is 3.59. The van der Waals surface area contributed by atoms with Crippen LogP contribution in [0, 0.1) is 0 Å². The Kier molecular flexibility index (Phi) is 6.20. The summed E-state index contributed by atoms with van der Waals surface area (Å²) in [5.41, 5.74) is -0.709. The summed E-state index contributed by atoms with van der Waals surface area (Å²) in [5.74, 6) is -0.753. The number of carbonyl (C=O) groups excluding carboxylic acids is 1. The van der Waals surface area contributed by atoms with E-state index in [1.807, 2.05) is 0 Å². The van der Waals surface area contributed by atoms with Gasteiger partial charge < -0.3 is 19.3 Å². The fourth-order valence-electron chi connectivity index (χ4n) is 2.41. The van der Waals surface area contributed by atoms with Crippen molar-refractivity contribution in [1.29, 1.82) is 0 Å². The van der Waals surface area contributed by atoms with Crippen molar-refractivity contribution < 1.29 is 37.3 Å². The Bertz CT molecular complexity index is 756. The van der Waals surface area contributed by atoms with Gasteiger partial charge in [0.1, 0.15) is 17.2 Å². The van der Waals surface area contributed by atoms with E-state index in [0.29, 0.717) is 5.56 Å². The van der Waals surface area contributed by atoms with Gasteiger partial charge in [0.05, 0.1) is 6.61 Å². The van der Waals surface area contributed by atoms with Crippen LogP contribution in [-0.4, -0.2) is 29.6 Å². The van der Waals surface area contributed by atoms with Gasteiger partial charge in [-0.2, -0.15) is 0 Å². The van der Waals surface area contributed by atoms with Gasteiger partial charge in [0.25, 0.3) is 0 Å². The number of halogens is 3. The number of hydrogen-bond donors (Lipinski definition) is 1. The molecule has 2 aromatic carbocycles. The van der Waals surface area contributed by atoms with Crippen molar-refractivity contribution in [3.63, 3.8) is 0 Å². The van der Waals surface area contributed by atoms with Gasteiger partial charge in [-0.3, -0.25) is 0 Å². The Morgan fingerprint density at radius 1 is 0.963 bits per heavy atom. The fourth-order valence-corrected chi connectivity index (χ4v) is 2.41. The number of hydrogen-bond acceptors (Lipinski definition) is 5. The van der Waals surface area contributed by atoms with Gasteiger partial charge in [-0.15, -0.1) is 13.2 Å². The molecule has 1 N–H and O–H groups in total. The quantitative estimate of drug-likeness (QED) is 0.724. The van der Waals surface area contributed by atoms with Crippen molar-refractivity contribution in [2.24, 2.45) is 0 Å². The second kappa shape index (κ2) is 8.20. The van der Waals surface area contributed by atoms with Crippen LogP contribution in [-0.2, 0) is 16.0 Å². The second-order valence-corrected chi connectivity index (χ2v) is 5.92. The Morgan fingerprint density at radius 3 is 1.96 bits per heavy atom. The van der Waals surface area contributed by atoms with Gasteiger partial charge in [0.15, 0.2) is 0 Å². The van der Waals surface area contributed by atoms with E-state index in [0.717, 1.165) is 12.1 Å². The molecule has 2 rings (SSSR count). The van der Waals surface area contributed by atoms with Crippen molar-refractivity contribution in [3.05, 3.63) is 54.1 Å². The molecule has 0 aliphatic heterocycles. The molecular formula is C19H19F3O5. The lowest BCUT2D eigenvalue weighted by Crippen LogP contribution is -2.45. The molecule has 27 heavy (non-hydrogen) atoms. The molecule has 0 aliphatic carbocycles. The number of rotatable bonds is 7. The van der Waals surface area contributed by atoms with Crippen molar-refractivity contribution in [3.8, 4) is 17.2 Å². The average Bonchev–Trinajstić information content (AvgIpc) is 2.58. The predicted octanol–water partition coefficient (Wildman–Crippen LogP) is 4.23. The van der Waals surface area contributed by atoms with Crippen LogP contribution >= 0.6 is 0 Å². The van der Waals surface area contributed by atoms with E-state index in [2.05, 4.69) is 4.74 Å². The number of phenols is 1. The van der Waals surface area contributed by atoms with E-state index < -0.39 is 23.7 Å². The highest BCUT2D eigenvalue weighted by atomic mass is 19.4. The number of aromatic hydroxyl groups is 1. The van der Waals surface area contributed by atoms with Crippen LogP contribution in [0.1, 0.15) is 19.4 Å². The molecule has 5 nitrogen and oxygen atoms in total. The van der Waals surface area contributed by atoms with E-state index >= 15 is 0 Å². The molecule has 0 fully saturated rings. The Balaban J connectivity index is 2.21. The molecule has 1 unspecified atom stereocenters. The lowest BCUT2D eigenvalue weighted by Gasteiger charge is -2.28. The summed E-state index contributed by atoms with van der Waals surface area (Å²) in [6.45, 7) is 3.33. The van der Waals surface area contributed by atoms with Gasteiger partial charge in [-0.1, -0.05) is 12.1 Å². The van der Waals surface area contributed by atoms with Gasteiger partial charge in [-0.25, -0.2) is 4.79 Å². The van der Waals surface area contributed by atoms with Gasteiger partial charge >= 0.3 is 12.3 Å². The molecule has 2 aromatic rings. The summed E-state index contributed by atoms with van der Waals surface area (Å²) in [6.07, 6.45) is -4.66. The molecule has 8 heteroatoms. The van der Waals surface area contributed by atoms with Crippen LogP contribution in [0.2, 0.25) is 0 Å². The first-order valence-electron chi connectivity index (χ1n) is 8.11. The summed E-state index contributed by atoms with van der Waals surface area (Å²) < 4.78 is 51.4. The second-order valence-electron chi connectivity index (χ2n) is 5.92. The zero-order chi connectivity index (χ0) is 20.1. The zero-order valence-electron chi connectivity index (χ0n) is 14.7. The molecule has 1 atom stereocenters. The largest absolute Gasteiger partial charge is 0.573 e. The minimum absolute atomic E-state index is 0.0813. The van der Waals surface area contributed by atoms with Gasteiger partial charge in [0.2, 0.25) is 5.60 Å². The van der Waals surface area contributed by atoms with E-state index in [4.69, 9.17) is 9.47 Å². The Morgan fingerprint density at radius 2 is 1.48 bits per heavy atom. The van der Waals surface area contributed by atoms with Crippen LogP contribution in [0.25, 0.3) is 0 Å². The third-order valence-electron chi connectivity index (χ3n) is 3.59. The van der Waals surface area contributed by atoms with Crippen molar-refractivity contribution in [2.75, 3.05) is 6.61 Å². The van der Waals surface area contributed by atoms with E-state index in [1.54, 1.807) is 19.1 Å². The Labute approximate surface area is 154 Å². The normalized spacial score (nSPS) is 13.5. The molecule has 0 radical (unpaired) electrons. The van der Waals surface area contributed by atoms with Crippen molar-refractivity contribution in [2.45, 2.75) is 32.2 Å². The van der Waals surface area contributed by atoms with Gasteiger partial charge in [0, 0.05) is 6.42 Å². The number of ether oxygens (including phenoxy) is 3. The molecule has 146 valence electrons. The Hall–Kier alpha value is -2.90. The maximum absolute atomic E-state index is 12.4. The number of benzene rings is 2. The van der Waals surface area contributed by atoms with E-state index in [-0.39, 0.29) is 24.5 Å². The molecule has 0 saturated heterocycles. The zero-order valence-corrected chi connectivity index (χ0v) is 14.7. The maximum atomic E-state index is 12.4. The number of phenolic OH excluding ortho intramolecular Hbond substituents is 1. The highest BCUT2D eigenvalue weighted by Gasteiger charge is 2.38. The van der Waals surface area contributed by atoms with Crippen LogP contribution in [0.5, 0.6) is 17.2 Å². The van der Waals surface area contributed by atoms with Crippen molar-refractivity contribution in [1.82, 2.24) is 0 Å². The molecule has 0 spiro atoms. The van der Waals surface area contributed by atoms with E-state index in [9.17, 15) is 23.1 Å². The first kappa shape index (κ1) is 20.4. The molecule has 0 bridgehead atoms. The van der Waals surface area contributed by atoms with Crippen molar-refractivity contribution >= 4 is 5.97 Å². The molecule has 0 heterocycles. The lowest BCUT2D eigenvalue weighted by molar-refractivity contribution is -0.274. The highest BCUT2D eigenvalue weighted by molar-refractivity contribution is 5.80. The predicted molar refractivity (Wildman–Crippen MR) is 90.6 cm³/mol. The minimum atomic E-state index is -4.79. The fraction of sp³-hybridized carbons (Fsp3) is 0.316. The number of carbonyl (C=O) groups is 1. The van der Waals surface area contributed by atoms with Gasteiger partial charge in [-0.05, 0) is 55.8 Å².